The van der Waals surface area contributed by atoms with Gasteiger partial charge >= 0.3 is 0 Å². The van der Waals surface area contributed by atoms with Crippen molar-refractivity contribution in [1.82, 2.24) is 10.3 Å². The molecule has 0 saturated heterocycles. The van der Waals surface area contributed by atoms with Crippen LogP contribution in [0.15, 0.2) is 30.3 Å². The van der Waals surface area contributed by atoms with E-state index in [-0.39, 0.29) is 12.5 Å². The molecule has 1 aromatic carbocycles. The smallest absolute Gasteiger partial charge is 0.263 e. The summed E-state index contributed by atoms with van der Waals surface area (Å²) in [6.45, 7) is 4.12. The number of aliphatic hydroxyl groups is 1. The lowest BCUT2D eigenvalue weighted by Crippen LogP contribution is -2.31. The van der Waals surface area contributed by atoms with Crippen LogP contribution in [0.25, 0.3) is 10.6 Å². The SMILES string of the molecule is CCCC(O)CNC(=O)c1sc(-c2ccccc2)nc1C. The van der Waals surface area contributed by atoms with Crippen LogP contribution in [0.5, 0.6) is 0 Å². The summed E-state index contributed by atoms with van der Waals surface area (Å²) in [4.78, 5) is 17.2. The van der Waals surface area contributed by atoms with Gasteiger partial charge in [-0.05, 0) is 13.3 Å². The van der Waals surface area contributed by atoms with Gasteiger partial charge in [0.05, 0.1) is 11.8 Å². The number of aryl methyl sites for hydroxylation is 1. The highest BCUT2D eigenvalue weighted by molar-refractivity contribution is 7.17. The average Bonchev–Trinajstić information content (AvgIpc) is 2.88. The first-order valence-electron chi connectivity index (χ1n) is 7.11. The van der Waals surface area contributed by atoms with Crippen LogP contribution in [0.1, 0.15) is 35.1 Å². The van der Waals surface area contributed by atoms with Crippen LogP contribution >= 0.6 is 11.3 Å². The summed E-state index contributed by atoms with van der Waals surface area (Å²) in [5, 5.41) is 13.3. The van der Waals surface area contributed by atoms with E-state index in [4.69, 9.17) is 0 Å². The summed E-state index contributed by atoms with van der Waals surface area (Å²) in [6.07, 6.45) is 1.10. The third-order valence-corrected chi connectivity index (χ3v) is 4.35. The molecule has 0 aliphatic rings. The minimum absolute atomic E-state index is 0.165. The van der Waals surface area contributed by atoms with Crippen molar-refractivity contribution in [1.29, 1.82) is 0 Å². The van der Waals surface area contributed by atoms with Gasteiger partial charge in [-0.1, -0.05) is 43.7 Å². The van der Waals surface area contributed by atoms with Crippen LogP contribution < -0.4 is 5.32 Å². The first-order valence-corrected chi connectivity index (χ1v) is 7.92. The first kappa shape index (κ1) is 15.7. The zero-order valence-corrected chi connectivity index (χ0v) is 13.1. The Bertz CT molecular complexity index is 596. The van der Waals surface area contributed by atoms with Crippen LogP contribution in [-0.4, -0.2) is 28.6 Å². The molecule has 1 aromatic heterocycles. The molecule has 2 N–H and O–H groups in total. The van der Waals surface area contributed by atoms with Gasteiger partial charge in [0.1, 0.15) is 9.88 Å². The number of aromatic nitrogens is 1. The molecule has 0 fully saturated rings. The fraction of sp³-hybridized carbons (Fsp3) is 0.375. The molecule has 2 aromatic rings. The second-order valence-corrected chi connectivity index (χ2v) is 5.95. The number of hydrogen-bond acceptors (Lipinski definition) is 4. The Morgan fingerprint density at radius 3 is 2.76 bits per heavy atom. The summed E-state index contributed by atoms with van der Waals surface area (Å²) < 4.78 is 0. The highest BCUT2D eigenvalue weighted by atomic mass is 32.1. The molecule has 0 saturated carbocycles. The normalized spacial score (nSPS) is 12.1. The van der Waals surface area contributed by atoms with Crippen molar-refractivity contribution in [3.8, 4) is 10.6 Å². The maximum Gasteiger partial charge on any atom is 0.263 e. The number of thiazole rings is 1. The van der Waals surface area contributed by atoms with Crippen molar-refractivity contribution in [3.63, 3.8) is 0 Å². The van der Waals surface area contributed by atoms with E-state index < -0.39 is 6.10 Å². The molecule has 0 aliphatic carbocycles. The second kappa shape index (κ2) is 7.33. The van der Waals surface area contributed by atoms with E-state index in [1.165, 1.54) is 11.3 Å². The predicted octanol–water partition coefficient (Wildman–Crippen LogP) is 3.01. The van der Waals surface area contributed by atoms with Gasteiger partial charge in [0.15, 0.2) is 0 Å². The van der Waals surface area contributed by atoms with Crippen molar-refractivity contribution >= 4 is 17.2 Å². The predicted molar refractivity (Wildman–Crippen MR) is 85.5 cm³/mol. The van der Waals surface area contributed by atoms with Crippen LogP contribution in [-0.2, 0) is 0 Å². The summed E-state index contributed by atoms with van der Waals surface area (Å²) in [7, 11) is 0. The maximum absolute atomic E-state index is 12.2. The van der Waals surface area contributed by atoms with Gasteiger partial charge in [0, 0.05) is 12.1 Å². The van der Waals surface area contributed by atoms with Crippen molar-refractivity contribution in [2.75, 3.05) is 6.54 Å². The molecular formula is C16H20N2O2S. The van der Waals surface area contributed by atoms with E-state index in [2.05, 4.69) is 10.3 Å². The van der Waals surface area contributed by atoms with Gasteiger partial charge in [-0.2, -0.15) is 0 Å². The Labute approximate surface area is 128 Å². The summed E-state index contributed by atoms with van der Waals surface area (Å²) >= 11 is 1.38. The highest BCUT2D eigenvalue weighted by Crippen LogP contribution is 2.27. The number of nitrogens with one attached hydrogen (secondary N) is 1. The molecule has 0 spiro atoms. The average molecular weight is 304 g/mol. The van der Waals surface area contributed by atoms with Crippen molar-refractivity contribution < 1.29 is 9.90 Å². The molecule has 1 atom stereocenters. The van der Waals surface area contributed by atoms with E-state index in [9.17, 15) is 9.90 Å². The van der Waals surface area contributed by atoms with Crippen molar-refractivity contribution in [2.24, 2.45) is 0 Å². The molecule has 0 radical (unpaired) electrons. The van der Waals surface area contributed by atoms with E-state index in [0.717, 1.165) is 22.7 Å². The Morgan fingerprint density at radius 2 is 2.10 bits per heavy atom. The number of rotatable bonds is 6. The fourth-order valence-corrected chi connectivity index (χ4v) is 3.03. The summed E-state index contributed by atoms with van der Waals surface area (Å²) in [5.74, 6) is -0.165. The monoisotopic (exact) mass is 304 g/mol. The lowest BCUT2D eigenvalue weighted by molar-refractivity contribution is 0.0913. The second-order valence-electron chi connectivity index (χ2n) is 4.95. The fourth-order valence-electron chi connectivity index (χ4n) is 2.04. The zero-order chi connectivity index (χ0) is 15.2. The number of carbonyl (C=O) groups excluding carboxylic acids is 1. The summed E-state index contributed by atoms with van der Waals surface area (Å²) in [5.41, 5.74) is 1.73. The highest BCUT2D eigenvalue weighted by Gasteiger charge is 2.16. The molecule has 5 heteroatoms. The molecule has 21 heavy (non-hydrogen) atoms. The van der Waals surface area contributed by atoms with Crippen LogP contribution in [0, 0.1) is 6.92 Å². The van der Waals surface area contributed by atoms with Gasteiger partial charge < -0.3 is 10.4 Å². The van der Waals surface area contributed by atoms with Gasteiger partial charge in [0.25, 0.3) is 5.91 Å². The van der Waals surface area contributed by atoms with E-state index in [1.54, 1.807) is 0 Å². The Kier molecular flexibility index (Phi) is 5.47. The Balaban J connectivity index is 2.07. The Hall–Kier alpha value is -1.72. The quantitative estimate of drug-likeness (QED) is 0.862. The van der Waals surface area contributed by atoms with Gasteiger partial charge in [-0.3, -0.25) is 4.79 Å². The molecular weight excluding hydrogens is 284 g/mol. The molecule has 4 nitrogen and oxygen atoms in total. The maximum atomic E-state index is 12.2. The minimum Gasteiger partial charge on any atom is -0.391 e. The van der Waals surface area contributed by atoms with Crippen LogP contribution in [0.4, 0.5) is 0 Å². The largest absolute Gasteiger partial charge is 0.391 e. The number of benzene rings is 1. The summed E-state index contributed by atoms with van der Waals surface area (Å²) in [6, 6.07) is 9.81. The lowest BCUT2D eigenvalue weighted by Gasteiger charge is -2.09. The number of amides is 1. The molecule has 0 bridgehead atoms. The molecule has 1 heterocycles. The molecule has 112 valence electrons. The van der Waals surface area contributed by atoms with Gasteiger partial charge in [-0.15, -0.1) is 11.3 Å². The molecule has 2 rings (SSSR count). The third kappa shape index (κ3) is 4.12. The Morgan fingerprint density at radius 1 is 1.38 bits per heavy atom. The topological polar surface area (TPSA) is 62.2 Å². The number of nitrogens with zero attached hydrogens (tertiary/aromatic N) is 1. The van der Waals surface area contributed by atoms with Crippen molar-refractivity contribution in [2.45, 2.75) is 32.8 Å². The van der Waals surface area contributed by atoms with Crippen LogP contribution in [0.2, 0.25) is 0 Å². The van der Waals surface area contributed by atoms with Gasteiger partial charge in [0.2, 0.25) is 0 Å². The number of carbonyl (C=O) groups is 1. The number of hydrogen-bond donors (Lipinski definition) is 2. The van der Waals surface area contributed by atoms with Crippen molar-refractivity contribution in [3.05, 3.63) is 40.9 Å². The molecule has 0 aliphatic heterocycles. The van der Waals surface area contributed by atoms with E-state index in [0.29, 0.717) is 11.3 Å². The molecule has 1 unspecified atom stereocenters. The lowest BCUT2D eigenvalue weighted by atomic mass is 10.2. The zero-order valence-electron chi connectivity index (χ0n) is 12.3. The standard InChI is InChI=1S/C16H20N2O2S/c1-3-7-13(19)10-17-15(20)14-11(2)18-16(21-14)12-8-5-4-6-9-12/h4-6,8-9,13,19H,3,7,10H2,1-2H3,(H,17,20). The molecule has 1 amide bonds. The third-order valence-electron chi connectivity index (χ3n) is 3.14. The minimum atomic E-state index is -0.485. The van der Waals surface area contributed by atoms with E-state index in [1.807, 2.05) is 44.2 Å². The number of aliphatic hydroxyl groups excluding tert-OH is 1. The first-order chi connectivity index (χ1) is 10.1. The van der Waals surface area contributed by atoms with E-state index >= 15 is 0 Å². The van der Waals surface area contributed by atoms with Crippen LogP contribution in [0.3, 0.4) is 0 Å². The van der Waals surface area contributed by atoms with Gasteiger partial charge in [-0.25, -0.2) is 4.98 Å².